The summed E-state index contributed by atoms with van der Waals surface area (Å²) < 4.78 is 15.8. The Kier molecular flexibility index (Phi) is 6.90. The number of hydrogen-bond donors (Lipinski definition) is 1. The lowest BCUT2D eigenvalue weighted by molar-refractivity contribution is 0.0927. The number of nitrogens with one attached hydrogen (secondary N) is 1. The van der Waals surface area contributed by atoms with Crippen LogP contribution in [0.4, 0.5) is 4.39 Å². The summed E-state index contributed by atoms with van der Waals surface area (Å²) in [4.78, 5) is 21.8. The van der Waals surface area contributed by atoms with Crippen molar-refractivity contribution in [1.82, 2.24) is 19.9 Å². The molecule has 1 amide bonds. The zero-order chi connectivity index (χ0) is 23.3. The Morgan fingerprint density at radius 2 is 1.85 bits per heavy atom. The van der Waals surface area contributed by atoms with Crippen LogP contribution in [0, 0.1) is 5.82 Å². The van der Waals surface area contributed by atoms with E-state index in [1.807, 2.05) is 47.0 Å². The van der Waals surface area contributed by atoms with Gasteiger partial charge < -0.3 is 5.32 Å². The molecule has 1 N–H and O–H groups in total. The summed E-state index contributed by atoms with van der Waals surface area (Å²) in [6.07, 6.45) is 7.56. The summed E-state index contributed by atoms with van der Waals surface area (Å²) >= 11 is 1.61. The number of carbonyl (C=O) groups is 1. The molecule has 0 unspecified atom stereocenters. The molecule has 1 aliphatic carbocycles. The normalized spacial score (nSPS) is 14.4. The van der Waals surface area contributed by atoms with Crippen LogP contribution in [0.1, 0.15) is 53.6 Å². The van der Waals surface area contributed by atoms with Gasteiger partial charge in [-0.2, -0.15) is 0 Å². The Morgan fingerprint density at radius 3 is 2.65 bits per heavy atom. The molecular weight excluding hydrogens is 447 g/mol. The smallest absolute Gasteiger partial charge is 0.251 e. The summed E-state index contributed by atoms with van der Waals surface area (Å²) in [7, 11) is 0. The average molecular weight is 475 g/mol. The molecule has 2 heterocycles. The van der Waals surface area contributed by atoms with Gasteiger partial charge in [-0.25, -0.2) is 14.4 Å². The summed E-state index contributed by atoms with van der Waals surface area (Å²) in [6.45, 7) is 0.494. The molecular formula is C27H27FN4OS. The number of thioether (sulfide) groups is 1. The fourth-order valence-electron chi connectivity index (χ4n) is 4.42. The quantitative estimate of drug-likeness (QED) is 0.335. The van der Waals surface area contributed by atoms with Crippen molar-refractivity contribution in [2.45, 2.75) is 55.6 Å². The van der Waals surface area contributed by atoms with E-state index >= 15 is 0 Å². The first-order valence-electron chi connectivity index (χ1n) is 11.7. The first-order valence-corrected chi connectivity index (χ1v) is 12.7. The molecule has 4 aromatic rings. The molecule has 34 heavy (non-hydrogen) atoms. The number of nitrogens with zero attached hydrogens (tertiary/aromatic N) is 3. The number of imidazole rings is 1. The number of fused-ring (bicyclic) bond motifs is 1. The zero-order valence-corrected chi connectivity index (χ0v) is 19.7. The average Bonchev–Trinajstić information content (AvgIpc) is 3.21. The molecule has 5 nitrogen and oxygen atoms in total. The maximum Gasteiger partial charge on any atom is 0.251 e. The fraction of sp³-hybridized carbons (Fsp3) is 0.296. The second-order valence-corrected chi connectivity index (χ2v) is 9.69. The molecule has 1 aliphatic rings. The lowest BCUT2D eigenvalue weighted by Crippen LogP contribution is -2.36. The van der Waals surface area contributed by atoms with Crippen molar-refractivity contribution >= 4 is 28.8 Å². The minimum Gasteiger partial charge on any atom is -0.349 e. The minimum atomic E-state index is -0.253. The van der Waals surface area contributed by atoms with Crippen molar-refractivity contribution < 1.29 is 9.18 Å². The number of rotatable bonds is 7. The van der Waals surface area contributed by atoms with E-state index in [-0.39, 0.29) is 11.7 Å². The third kappa shape index (κ3) is 5.30. The Bertz CT molecular complexity index is 1280. The van der Waals surface area contributed by atoms with E-state index in [2.05, 4.69) is 10.3 Å². The van der Waals surface area contributed by atoms with Crippen LogP contribution in [0.3, 0.4) is 0 Å². The van der Waals surface area contributed by atoms with Gasteiger partial charge in [0.15, 0.2) is 10.8 Å². The van der Waals surface area contributed by atoms with E-state index in [9.17, 15) is 9.18 Å². The predicted octanol–water partition coefficient (Wildman–Crippen LogP) is 5.97. The fourth-order valence-corrected chi connectivity index (χ4v) is 5.38. The largest absolute Gasteiger partial charge is 0.349 e. The van der Waals surface area contributed by atoms with Gasteiger partial charge in [0.2, 0.25) is 0 Å². The van der Waals surface area contributed by atoms with E-state index in [0.717, 1.165) is 40.3 Å². The monoisotopic (exact) mass is 474 g/mol. The van der Waals surface area contributed by atoms with E-state index in [4.69, 9.17) is 4.98 Å². The number of hydrogen-bond acceptors (Lipinski definition) is 4. The molecule has 7 heteroatoms. The van der Waals surface area contributed by atoms with Gasteiger partial charge in [-0.15, -0.1) is 0 Å². The lowest BCUT2D eigenvalue weighted by Gasteiger charge is -2.22. The second-order valence-electron chi connectivity index (χ2n) is 8.75. The van der Waals surface area contributed by atoms with E-state index in [1.165, 1.54) is 25.3 Å². The maximum atomic E-state index is 13.7. The molecule has 2 aromatic carbocycles. The first-order chi connectivity index (χ1) is 16.7. The molecule has 0 atom stereocenters. The molecule has 0 spiro atoms. The third-order valence-electron chi connectivity index (χ3n) is 6.22. The van der Waals surface area contributed by atoms with Gasteiger partial charge in [0.1, 0.15) is 11.3 Å². The van der Waals surface area contributed by atoms with Gasteiger partial charge in [0.05, 0.1) is 6.54 Å². The highest BCUT2D eigenvalue weighted by atomic mass is 32.2. The predicted molar refractivity (Wildman–Crippen MR) is 133 cm³/mol. The molecule has 0 saturated heterocycles. The lowest BCUT2D eigenvalue weighted by atomic mass is 9.95. The summed E-state index contributed by atoms with van der Waals surface area (Å²) in [6, 6.07) is 18.5. The van der Waals surface area contributed by atoms with Crippen molar-refractivity contribution in [3.8, 4) is 0 Å². The van der Waals surface area contributed by atoms with Gasteiger partial charge >= 0.3 is 0 Å². The molecule has 0 bridgehead atoms. The van der Waals surface area contributed by atoms with Gasteiger partial charge in [-0.3, -0.25) is 9.36 Å². The van der Waals surface area contributed by atoms with Crippen molar-refractivity contribution in [2.75, 3.05) is 0 Å². The number of aromatic nitrogens is 3. The number of carbonyl (C=O) groups excluding carboxylic acids is 1. The maximum absolute atomic E-state index is 13.7. The van der Waals surface area contributed by atoms with Crippen LogP contribution in [-0.4, -0.2) is 26.5 Å². The van der Waals surface area contributed by atoms with Crippen LogP contribution in [0.15, 0.2) is 72.0 Å². The molecule has 1 fully saturated rings. The molecule has 0 aliphatic heterocycles. The Labute approximate surface area is 202 Å². The standard InChI is InChI=1S/C27H27FN4OS/c28-22-7-4-6-20(16-22)17-32-25-24(10-5-15-29-25)31-27(32)34-18-19-11-13-21(14-12-19)26(33)30-23-8-2-1-3-9-23/h4-7,10-16,23H,1-3,8-9,17-18H2,(H,30,33). The molecule has 1 saturated carbocycles. The molecule has 5 rings (SSSR count). The number of halogens is 1. The Balaban J connectivity index is 1.28. The highest BCUT2D eigenvalue weighted by Crippen LogP contribution is 2.27. The summed E-state index contributed by atoms with van der Waals surface area (Å²) in [5, 5.41) is 4.00. The Morgan fingerprint density at radius 1 is 1.03 bits per heavy atom. The van der Waals surface area contributed by atoms with E-state index < -0.39 is 0 Å². The highest BCUT2D eigenvalue weighted by molar-refractivity contribution is 7.98. The van der Waals surface area contributed by atoms with E-state index in [0.29, 0.717) is 23.9 Å². The van der Waals surface area contributed by atoms with Crippen molar-refractivity contribution in [2.24, 2.45) is 0 Å². The zero-order valence-electron chi connectivity index (χ0n) is 18.9. The molecule has 2 aromatic heterocycles. The van der Waals surface area contributed by atoms with Crippen LogP contribution in [0.25, 0.3) is 11.2 Å². The van der Waals surface area contributed by atoms with E-state index in [1.54, 1.807) is 30.1 Å². The van der Waals surface area contributed by atoms with Crippen LogP contribution >= 0.6 is 11.8 Å². The number of pyridine rings is 1. The van der Waals surface area contributed by atoms with Gasteiger partial charge in [-0.05, 0) is 60.4 Å². The number of benzene rings is 2. The minimum absolute atomic E-state index is 0.00839. The van der Waals surface area contributed by atoms with Gasteiger partial charge in [0, 0.05) is 23.6 Å². The first kappa shape index (κ1) is 22.6. The topological polar surface area (TPSA) is 59.8 Å². The van der Waals surface area contributed by atoms with Crippen LogP contribution < -0.4 is 5.32 Å². The molecule has 174 valence electrons. The summed E-state index contributed by atoms with van der Waals surface area (Å²) in [5.74, 6) is 0.461. The highest BCUT2D eigenvalue weighted by Gasteiger charge is 2.17. The van der Waals surface area contributed by atoms with Crippen LogP contribution in [-0.2, 0) is 12.3 Å². The van der Waals surface area contributed by atoms with Gasteiger partial charge in [-0.1, -0.05) is 55.3 Å². The van der Waals surface area contributed by atoms with Crippen molar-refractivity contribution in [3.63, 3.8) is 0 Å². The Hall–Kier alpha value is -3.19. The SMILES string of the molecule is O=C(NC1CCCCC1)c1ccc(CSc2nc3cccnc3n2Cc2cccc(F)c2)cc1. The number of amides is 1. The molecule has 0 radical (unpaired) electrons. The third-order valence-corrected chi connectivity index (χ3v) is 7.27. The second kappa shape index (κ2) is 10.4. The van der Waals surface area contributed by atoms with Crippen molar-refractivity contribution in [3.05, 3.63) is 89.4 Å². The van der Waals surface area contributed by atoms with Gasteiger partial charge in [0.25, 0.3) is 5.91 Å². The van der Waals surface area contributed by atoms with Crippen LogP contribution in [0.2, 0.25) is 0 Å². The van der Waals surface area contributed by atoms with Crippen molar-refractivity contribution in [1.29, 1.82) is 0 Å². The van der Waals surface area contributed by atoms with Crippen LogP contribution in [0.5, 0.6) is 0 Å². The summed E-state index contributed by atoms with van der Waals surface area (Å²) in [5.41, 5.74) is 4.26.